The van der Waals surface area contributed by atoms with Crippen LogP contribution in [0, 0.1) is 17.2 Å². The van der Waals surface area contributed by atoms with Crippen molar-refractivity contribution in [2.24, 2.45) is 5.92 Å². The zero-order valence-electron chi connectivity index (χ0n) is 11.2. The Labute approximate surface area is 119 Å². The fraction of sp³-hybridized carbons (Fsp3) is 0.500. The van der Waals surface area contributed by atoms with E-state index in [1.165, 1.54) is 25.0 Å². The van der Waals surface area contributed by atoms with Gasteiger partial charge in [-0.25, -0.2) is 13.1 Å². The molecule has 0 aliphatic heterocycles. The zero-order valence-corrected chi connectivity index (χ0v) is 12.0. The van der Waals surface area contributed by atoms with E-state index in [9.17, 15) is 8.42 Å². The van der Waals surface area contributed by atoms with Gasteiger partial charge in [-0.2, -0.15) is 5.26 Å². The molecule has 1 N–H and O–H groups in total. The fourth-order valence-corrected chi connectivity index (χ4v) is 2.85. The molecule has 6 heteroatoms. The van der Waals surface area contributed by atoms with Crippen molar-refractivity contribution in [2.45, 2.75) is 24.2 Å². The smallest absolute Gasteiger partial charge is 0.240 e. The first-order chi connectivity index (χ1) is 9.62. The van der Waals surface area contributed by atoms with Crippen molar-refractivity contribution in [1.29, 1.82) is 5.26 Å². The molecule has 0 unspecified atom stereocenters. The highest BCUT2D eigenvalue weighted by Gasteiger charge is 2.21. The van der Waals surface area contributed by atoms with Crippen molar-refractivity contribution >= 4 is 10.0 Å². The van der Waals surface area contributed by atoms with Gasteiger partial charge in [-0.1, -0.05) is 6.07 Å². The van der Waals surface area contributed by atoms with Gasteiger partial charge in [-0.05, 0) is 43.4 Å². The Balaban J connectivity index is 1.76. The van der Waals surface area contributed by atoms with E-state index in [0.717, 1.165) is 12.5 Å². The van der Waals surface area contributed by atoms with Crippen LogP contribution in [0.3, 0.4) is 0 Å². The largest absolute Gasteiger partial charge is 0.381 e. The van der Waals surface area contributed by atoms with Gasteiger partial charge in [0, 0.05) is 19.8 Å². The van der Waals surface area contributed by atoms with E-state index in [0.29, 0.717) is 25.1 Å². The molecule has 0 saturated heterocycles. The Morgan fingerprint density at radius 3 is 2.90 bits per heavy atom. The predicted octanol–water partition coefficient (Wildman–Crippen LogP) is 1.65. The first kappa shape index (κ1) is 15.0. The Morgan fingerprint density at radius 1 is 1.40 bits per heavy atom. The average molecular weight is 294 g/mol. The number of nitrogens with zero attached hydrogens (tertiary/aromatic N) is 1. The quantitative estimate of drug-likeness (QED) is 0.739. The molecule has 0 amide bonds. The minimum absolute atomic E-state index is 0.121. The van der Waals surface area contributed by atoms with Gasteiger partial charge in [0.15, 0.2) is 0 Å². The second kappa shape index (κ2) is 6.84. The molecule has 0 spiro atoms. The summed E-state index contributed by atoms with van der Waals surface area (Å²) >= 11 is 0. The van der Waals surface area contributed by atoms with Crippen LogP contribution in [0.2, 0.25) is 0 Å². The minimum atomic E-state index is -3.54. The van der Waals surface area contributed by atoms with Crippen LogP contribution in [-0.2, 0) is 14.8 Å². The number of sulfonamides is 1. The molecular formula is C14H18N2O3S. The molecule has 1 saturated carbocycles. The van der Waals surface area contributed by atoms with Crippen molar-refractivity contribution in [3.05, 3.63) is 29.8 Å². The molecular weight excluding hydrogens is 276 g/mol. The van der Waals surface area contributed by atoms with Crippen molar-refractivity contribution in [1.82, 2.24) is 4.72 Å². The SMILES string of the molecule is N#Cc1cccc(S(=O)(=O)NCCCOCC2CC2)c1. The molecule has 0 bridgehead atoms. The van der Waals surface area contributed by atoms with Crippen LogP contribution < -0.4 is 4.72 Å². The average Bonchev–Trinajstić information content (AvgIpc) is 3.27. The lowest BCUT2D eigenvalue weighted by Gasteiger charge is -2.07. The van der Waals surface area contributed by atoms with E-state index >= 15 is 0 Å². The van der Waals surface area contributed by atoms with Gasteiger partial charge in [-0.3, -0.25) is 0 Å². The highest BCUT2D eigenvalue weighted by atomic mass is 32.2. The van der Waals surface area contributed by atoms with E-state index in [-0.39, 0.29) is 4.90 Å². The van der Waals surface area contributed by atoms with E-state index in [1.807, 2.05) is 6.07 Å². The highest BCUT2D eigenvalue weighted by Crippen LogP contribution is 2.28. The maximum absolute atomic E-state index is 12.0. The molecule has 0 aromatic heterocycles. The van der Waals surface area contributed by atoms with Crippen molar-refractivity contribution in [3.8, 4) is 6.07 Å². The van der Waals surface area contributed by atoms with E-state index in [2.05, 4.69) is 4.72 Å². The van der Waals surface area contributed by atoms with Crippen LogP contribution in [0.4, 0.5) is 0 Å². The Bertz CT molecular complexity index is 589. The maximum atomic E-state index is 12.0. The monoisotopic (exact) mass is 294 g/mol. The lowest BCUT2D eigenvalue weighted by molar-refractivity contribution is 0.123. The first-order valence-corrected chi connectivity index (χ1v) is 8.18. The van der Waals surface area contributed by atoms with Gasteiger partial charge in [-0.15, -0.1) is 0 Å². The summed E-state index contributed by atoms with van der Waals surface area (Å²) in [7, 11) is -3.54. The molecule has 0 radical (unpaired) electrons. The standard InChI is InChI=1S/C14H18N2O3S/c15-10-13-3-1-4-14(9-13)20(17,18)16-7-2-8-19-11-12-5-6-12/h1,3-4,9,12,16H,2,5-8,11H2. The van der Waals surface area contributed by atoms with Crippen LogP contribution in [0.1, 0.15) is 24.8 Å². The summed E-state index contributed by atoms with van der Waals surface area (Å²) in [6, 6.07) is 7.91. The topological polar surface area (TPSA) is 79.2 Å². The van der Waals surface area contributed by atoms with Crippen molar-refractivity contribution in [2.75, 3.05) is 19.8 Å². The van der Waals surface area contributed by atoms with E-state index in [1.54, 1.807) is 12.1 Å². The number of nitrogens with one attached hydrogen (secondary N) is 1. The summed E-state index contributed by atoms with van der Waals surface area (Å²) in [5.74, 6) is 0.723. The minimum Gasteiger partial charge on any atom is -0.381 e. The van der Waals surface area contributed by atoms with Gasteiger partial charge in [0.2, 0.25) is 10.0 Å². The molecule has 5 nitrogen and oxygen atoms in total. The van der Waals surface area contributed by atoms with Crippen molar-refractivity contribution < 1.29 is 13.2 Å². The Kier molecular flexibility index (Phi) is 5.12. The third kappa shape index (κ3) is 4.60. The number of rotatable bonds is 8. The molecule has 1 aliphatic rings. The third-order valence-electron chi connectivity index (χ3n) is 3.08. The molecule has 1 fully saturated rings. The number of benzene rings is 1. The number of hydrogen-bond donors (Lipinski definition) is 1. The summed E-state index contributed by atoms with van der Waals surface area (Å²) in [4.78, 5) is 0.121. The lowest BCUT2D eigenvalue weighted by atomic mass is 10.2. The summed E-state index contributed by atoms with van der Waals surface area (Å²) < 4.78 is 31.9. The van der Waals surface area contributed by atoms with Gasteiger partial charge in [0.1, 0.15) is 0 Å². The Morgan fingerprint density at radius 2 is 2.20 bits per heavy atom. The van der Waals surface area contributed by atoms with Crippen LogP contribution in [-0.4, -0.2) is 28.2 Å². The summed E-state index contributed by atoms with van der Waals surface area (Å²) in [6.07, 6.45) is 3.15. The molecule has 1 aliphatic carbocycles. The second-order valence-electron chi connectivity index (χ2n) is 4.91. The molecule has 1 aromatic carbocycles. The fourth-order valence-electron chi connectivity index (χ4n) is 1.73. The van der Waals surface area contributed by atoms with Gasteiger partial charge < -0.3 is 4.74 Å². The molecule has 20 heavy (non-hydrogen) atoms. The Hall–Kier alpha value is -1.42. The van der Waals surface area contributed by atoms with E-state index in [4.69, 9.17) is 10.00 Å². The number of nitriles is 1. The van der Waals surface area contributed by atoms with Crippen LogP contribution >= 0.6 is 0 Å². The van der Waals surface area contributed by atoms with Gasteiger partial charge >= 0.3 is 0 Å². The molecule has 1 aromatic rings. The predicted molar refractivity (Wildman–Crippen MR) is 74.5 cm³/mol. The van der Waals surface area contributed by atoms with E-state index < -0.39 is 10.0 Å². The summed E-state index contributed by atoms with van der Waals surface area (Å²) in [5.41, 5.74) is 0.334. The number of ether oxygens (including phenoxy) is 1. The molecule has 0 atom stereocenters. The summed E-state index contributed by atoms with van der Waals surface area (Å²) in [5, 5.41) is 8.77. The third-order valence-corrected chi connectivity index (χ3v) is 4.54. The second-order valence-corrected chi connectivity index (χ2v) is 6.68. The van der Waals surface area contributed by atoms with Gasteiger partial charge in [0.25, 0.3) is 0 Å². The lowest BCUT2D eigenvalue weighted by Crippen LogP contribution is -2.25. The normalized spacial score (nSPS) is 14.9. The van der Waals surface area contributed by atoms with Gasteiger partial charge in [0.05, 0.1) is 16.5 Å². The molecule has 108 valence electrons. The van der Waals surface area contributed by atoms with Crippen LogP contribution in [0.5, 0.6) is 0 Å². The first-order valence-electron chi connectivity index (χ1n) is 6.69. The van der Waals surface area contributed by atoms with Crippen LogP contribution in [0.25, 0.3) is 0 Å². The number of hydrogen-bond acceptors (Lipinski definition) is 4. The zero-order chi connectivity index (χ0) is 14.4. The highest BCUT2D eigenvalue weighted by molar-refractivity contribution is 7.89. The molecule has 2 rings (SSSR count). The van der Waals surface area contributed by atoms with Crippen LogP contribution in [0.15, 0.2) is 29.2 Å². The maximum Gasteiger partial charge on any atom is 0.240 e. The molecule has 0 heterocycles. The van der Waals surface area contributed by atoms with Crippen molar-refractivity contribution in [3.63, 3.8) is 0 Å². The summed E-state index contributed by atoms with van der Waals surface area (Å²) in [6.45, 7) is 1.69.